The lowest BCUT2D eigenvalue weighted by atomic mass is 10.2. The zero-order valence-corrected chi connectivity index (χ0v) is 11.1. The average Bonchev–Trinajstić information content (AvgIpc) is 2.41. The summed E-state index contributed by atoms with van der Waals surface area (Å²) in [6.45, 7) is 0. The Kier molecular flexibility index (Phi) is 4.06. The van der Waals surface area contributed by atoms with E-state index in [4.69, 9.17) is 15.9 Å². The lowest BCUT2D eigenvalue weighted by molar-refractivity contribution is 0.468. The first-order valence-electron chi connectivity index (χ1n) is 5.56. The second-order valence-corrected chi connectivity index (χ2v) is 4.66. The van der Waals surface area contributed by atoms with Gasteiger partial charge in [-0.05, 0) is 36.6 Å². The molecule has 2 aromatic rings. The van der Waals surface area contributed by atoms with Crippen molar-refractivity contribution in [1.82, 2.24) is 0 Å². The fourth-order valence-corrected chi connectivity index (χ4v) is 2.15. The van der Waals surface area contributed by atoms with Crippen molar-refractivity contribution in [3.63, 3.8) is 0 Å². The van der Waals surface area contributed by atoms with Gasteiger partial charge in [-0.25, -0.2) is 4.39 Å². The lowest BCUT2D eigenvalue weighted by Crippen LogP contribution is -2.12. The second-order valence-electron chi connectivity index (χ2n) is 3.81. The number of nitrogens with two attached hydrogens (primary N) is 1. The van der Waals surface area contributed by atoms with E-state index in [0.29, 0.717) is 11.5 Å². The van der Waals surface area contributed by atoms with Crippen LogP contribution in [-0.4, -0.2) is 12.1 Å². The van der Waals surface area contributed by atoms with Crippen molar-refractivity contribution in [2.75, 3.05) is 6.26 Å². The Hall–Kier alpha value is -2.01. The van der Waals surface area contributed by atoms with Gasteiger partial charge in [-0.2, -0.15) is 0 Å². The van der Waals surface area contributed by atoms with Crippen molar-refractivity contribution < 1.29 is 9.13 Å². The Morgan fingerprint density at radius 1 is 1.21 bits per heavy atom. The molecule has 0 atom stereocenters. The molecule has 2 rings (SSSR count). The molecular weight excluding hydrogens is 263 g/mol. The van der Waals surface area contributed by atoms with Gasteiger partial charge in [-0.15, -0.1) is 11.8 Å². The molecule has 5 heteroatoms. The molecule has 0 aromatic heterocycles. The molecule has 3 nitrogen and oxygen atoms in total. The summed E-state index contributed by atoms with van der Waals surface area (Å²) >= 11 is 1.55. The highest BCUT2D eigenvalue weighted by atomic mass is 32.2. The predicted molar refractivity (Wildman–Crippen MR) is 75.7 cm³/mol. The summed E-state index contributed by atoms with van der Waals surface area (Å²) in [6.07, 6.45) is 1.94. The van der Waals surface area contributed by atoms with E-state index in [9.17, 15) is 4.39 Å². The minimum absolute atomic E-state index is 0.226. The van der Waals surface area contributed by atoms with E-state index >= 15 is 0 Å². The summed E-state index contributed by atoms with van der Waals surface area (Å²) in [5.41, 5.74) is 5.69. The van der Waals surface area contributed by atoms with Gasteiger partial charge in [-0.3, -0.25) is 5.41 Å². The average molecular weight is 276 g/mol. The maximum atomic E-state index is 13.2. The van der Waals surface area contributed by atoms with Gasteiger partial charge >= 0.3 is 0 Å². The zero-order valence-electron chi connectivity index (χ0n) is 10.3. The summed E-state index contributed by atoms with van der Waals surface area (Å²) in [5, 5.41) is 7.46. The highest BCUT2D eigenvalue weighted by Crippen LogP contribution is 2.32. The quantitative estimate of drug-likeness (QED) is 0.509. The molecule has 19 heavy (non-hydrogen) atoms. The van der Waals surface area contributed by atoms with Gasteiger partial charge < -0.3 is 10.5 Å². The van der Waals surface area contributed by atoms with Gasteiger partial charge in [0.25, 0.3) is 0 Å². The van der Waals surface area contributed by atoms with E-state index in [1.165, 1.54) is 18.2 Å². The molecule has 0 bridgehead atoms. The van der Waals surface area contributed by atoms with Crippen LogP contribution in [0.4, 0.5) is 4.39 Å². The smallest absolute Gasteiger partial charge is 0.140 e. The Bertz CT molecular complexity index is 616. The highest BCUT2D eigenvalue weighted by Gasteiger charge is 2.11. The maximum Gasteiger partial charge on any atom is 0.140 e. The van der Waals surface area contributed by atoms with Gasteiger partial charge in [0, 0.05) is 4.90 Å². The summed E-state index contributed by atoms with van der Waals surface area (Å²) < 4.78 is 18.9. The predicted octanol–water partition coefficient (Wildman–Crippen LogP) is 3.62. The van der Waals surface area contributed by atoms with E-state index in [1.807, 2.05) is 30.5 Å². The second kappa shape index (κ2) is 5.75. The lowest BCUT2D eigenvalue weighted by Gasteiger charge is -2.12. The Balaban J connectivity index is 2.41. The van der Waals surface area contributed by atoms with Gasteiger partial charge in [0.1, 0.15) is 23.2 Å². The highest BCUT2D eigenvalue weighted by molar-refractivity contribution is 7.98. The van der Waals surface area contributed by atoms with E-state index in [0.717, 1.165) is 4.90 Å². The van der Waals surface area contributed by atoms with E-state index < -0.39 is 5.82 Å². The van der Waals surface area contributed by atoms with Crippen LogP contribution in [0.25, 0.3) is 0 Å². The van der Waals surface area contributed by atoms with Crippen LogP contribution in [0.3, 0.4) is 0 Å². The number of hydrogen-bond donors (Lipinski definition) is 2. The van der Waals surface area contributed by atoms with Crippen molar-refractivity contribution in [1.29, 1.82) is 5.41 Å². The number of benzene rings is 2. The van der Waals surface area contributed by atoms with Crippen molar-refractivity contribution in [2.24, 2.45) is 5.73 Å². The van der Waals surface area contributed by atoms with E-state index in [-0.39, 0.29) is 11.4 Å². The van der Waals surface area contributed by atoms with Gasteiger partial charge in [0.2, 0.25) is 0 Å². The number of ether oxygens (including phenoxy) is 1. The third kappa shape index (κ3) is 3.06. The largest absolute Gasteiger partial charge is 0.455 e. The monoisotopic (exact) mass is 276 g/mol. The van der Waals surface area contributed by atoms with Crippen LogP contribution in [0.15, 0.2) is 47.4 Å². The third-order valence-corrected chi connectivity index (χ3v) is 3.30. The Morgan fingerprint density at radius 2 is 1.95 bits per heavy atom. The fourth-order valence-electron chi connectivity index (χ4n) is 1.62. The SMILES string of the molecule is CSc1ccccc1Oc1ccc(F)cc1C(=N)N. The number of nitrogen functional groups attached to an aromatic ring is 1. The van der Waals surface area contributed by atoms with Gasteiger partial charge in [-0.1, -0.05) is 12.1 Å². The number of nitrogens with one attached hydrogen (secondary N) is 1. The number of para-hydroxylation sites is 1. The number of halogens is 1. The van der Waals surface area contributed by atoms with Crippen LogP contribution >= 0.6 is 11.8 Å². The van der Waals surface area contributed by atoms with Crippen LogP contribution in [0.1, 0.15) is 5.56 Å². The van der Waals surface area contributed by atoms with Gasteiger partial charge in [0.05, 0.1) is 5.56 Å². The molecule has 0 aliphatic heterocycles. The Labute approximate surface area is 115 Å². The Morgan fingerprint density at radius 3 is 2.63 bits per heavy atom. The fraction of sp³-hybridized carbons (Fsp3) is 0.0714. The van der Waals surface area contributed by atoms with Crippen LogP contribution in [-0.2, 0) is 0 Å². The summed E-state index contributed by atoms with van der Waals surface area (Å²) in [4.78, 5) is 0.960. The minimum atomic E-state index is -0.448. The molecule has 0 aliphatic rings. The summed E-state index contributed by atoms with van der Waals surface area (Å²) in [5.74, 6) is 0.353. The van der Waals surface area contributed by atoms with Crippen LogP contribution in [0.2, 0.25) is 0 Å². The molecule has 3 N–H and O–H groups in total. The molecule has 0 spiro atoms. The standard InChI is InChI=1S/C14H13FN2OS/c1-19-13-5-3-2-4-12(13)18-11-7-6-9(15)8-10(11)14(16)17/h2-8H,1H3,(H3,16,17). The first kappa shape index (κ1) is 13.4. The van der Waals surface area contributed by atoms with E-state index in [2.05, 4.69) is 0 Å². The van der Waals surface area contributed by atoms with Crippen LogP contribution in [0, 0.1) is 11.2 Å². The van der Waals surface area contributed by atoms with Crippen molar-refractivity contribution in [2.45, 2.75) is 4.90 Å². The van der Waals surface area contributed by atoms with Crippen molar-refractivity contribution >= 4 is 17.6 Å². The first-order valence-corrected chi connectivity index (χ1v) is 6.79. The molecule has 0 saturated heterocycles. The number of rotatable bonds is 4. The van der Waals surface area contributed by atoms with Crippen molar-refractivity contribution in [3.05, 3.63) is 53.8 Å². The normalized spacial score (nSPS) is 10.2. The maximum absolute atomic E-state index is 13.2. The molecule has 2 aromatic carbocycles. The van der Waals surface area contributed by atoms with Crippen LogP contribution < -0.4 is 10.5 Å². The molecule has 0 unspecified atom stereocenters. The van der Waals surface area contributed by atoms with E-state index in [1.54, 1.807) is 11.8 Å². The topological polar surface area (TPSA) is 59.1 Å². The molecule has 0 fully saturated rings. The molecule has 0 radical (unpaired) electrons. The third-order valence-electron chi connectivity index (χ3n) is 2.52. The molecule has 0 aliphatic carbocycles. The molecule has 0 saturated carbocycles. The molecule has 98 valence electrons. The first-order chi connectivity index (χ1) is 9.11. The summed E-state index contributed by atoms with van der Waals surface area (Å²) in [7, 11) is 0. The molecular formula is C14H13FN2OS. The number of thioether (sulfide) groups is 1. The van der Waals surface area contributed by atoms with Crippen molar-refractivity contribution in [3.8, 4) is 11.5 Å². The number of amidine groups is 1. The zero-order chi connectivity index (χ0) is 13.8. The molecule has 0 amide bonds. The molecule has 0 heterocycles. The number of hydrogen-bond acceptors (Lipinski definition) is 3. The minimum Gasteiger partial charge on any atom is -0.455 e. The van der Waals surface area contributed by atoms with Crippen LogP contribution in [0.5, 0.6) is 11.5 Å². The summed E-state index contributed by atoms with van der Waals surface area (Å²) in [6, 6.07) is 11.5. The van der Waals surface area contributed by atoms with Gasteiger partial charge in [0.15, 0.2) is 0 Å².